The van der Waals surface area contributed by atoms with Gasteiger partial charge in [-0.15, -0.1) is 11.3 Å². The van der Waals surface area contributed by atoms with Crippen LogP contribution in [-0.4, -0.2) is 26.8 Å². The van der Waals surface area contributed by atoms with Crippen LogP contribution < -0.4 is 5.32 Å². The van der Waals surface area contributed by atoms with E-state index in [-0.39, 0.29) is 0 Å². The molecule has 1 heterocycles. The van der Waals surface area contributed by atoms with E-state index in [1.165, 1.54) is 11.3 Å². The van der Waals surface area contributed by atoms with Crippen molar-refractivity contribution >= 4 is 11.3 Å². The van der Waals surface area contributed by atoms with Crippen molar-refractivity contribution in [3.63, 3.8) is 0 Å². The molecule has 1 rings (SSSR count). The lowest BCUT2D eigenvalue weighted by atomic mass is 10.3. The molecule has 14 heavy (non-hydrogen) atoms. The van der Waals surface area contributed by atoms with E-state index in [0.29, 0.717) is 0 Å². The number of hydrogen-bond donors (Lipinski definition) is 1. The minimum atomic E-state index is 0.882. The lowest BCUT2D eigenvalue weighted by molar-refractivity contribution is 0.192. The first-order chi connectivity index (χ1) is 6.93. The number of hydrogen-bond acceptors (Lipinski definition) is 3. The van der Waals surface area contributed by atoms with Gasteiger partial charge in [0.25, 0.3) is 0 Å². The molecule has 0 saturated heterocycles. The van der Waals surface area contributed by atoms with E-state index < -0.39 is 0 Å². The van der Waals surface area contributed by atoms with Gasteiger partial charge in [0.2, 0.25) is 0 Å². The van der Waals surface area contributed by atoms with Crippen LogP contribution in [-0.2, 0) is 11.2 Å². The molecule has 1 N–H and O–H groups in total. The maximum atomic E-state index is 4.98. The summed E-state index contributed by atoms with van der Waals surface area (Å²) in [7, 11) is 1.75. The molecule has 0 spiro atoms. The summed E-state index contributed by atoms with van der Waals surface area (Å²) >= 11 is 1.83. The van der Waals surface area contributed by atoms with Crippen molar-refractivity contribution in [1.82, 2.24) is 5.32 Å². The molecular formula is C11H19NOS. The van der Waals surface area contributed by atoms with Crippen molar-refractivity contribution in [1.29, 1.82) is 0 Å². The van der Waals surface area contributed by atoms with E-state index in [4.69, 9.17) is 4.74 Å². The third-order valence-corrected chi connectivity index (χ3v) is 3.02. The number of thiophene rings is 1. The second-order valence-corrected chi connectivity index (χ2v) is 4.31. The van der Waals surface area contributed by atoms with Crippen LogP contribution in [0.15, 0.2) is 17.5 Å². The fraction of sp³-hybridized carbons (Fsp3) is 0.636. The van der Waals surface area contributed by atoms with Crippen LogP contribution >= 0.6 is 11.3 Å². The molecule has 0 bridgehead atoms. The van der Waals surface area contributed by atoms with E-state index in [1.807, 2.05) is 11.3 Å². The van der Waals surface area contributed by atoms with Crippen LogP contribution in [0, 0.1) is 0 Å². The fourth-order valence-electron chi connectivity index (χ4n) is 1.29. The van der Waals surface area contributed by atoms with Crippen molar-refractivity contribution in [3.05, 3.63) is 22.4 Å². The smallest absolute Gasteiger partial charge is 0.0462 e. The van der Waals surface area contributed by atoms with Gasteiger partial charge < -0.3 is 10.1 Å². The predicted octanol–water partition coefficient (Wildman–Crippen LogP) is 2.31. The number of ether oxygens (including phenoxy) is 1. The van der Waals surface area contributed by atoms with Gasteiger partial charge in [0.1, 0.15) is 0 Å². The minimum absolute atomic E-state index is 0.882. The molecule has 2 nitrogen and oxygen atoms in total. The van der Waals surface area contributed by atoms with Crippen LogP contribution in [0.1, 0.15) is 17.7 Å². The fourth-order valence-corrected chi connectivity index (χ4v) is 2.00. The molecule has 0 radical (unpaired) electrons. The topological polar surface area (TPSA) is 21.3 Å². The molecule has 0 aliphatic heterocycles. The molecular weight excluding hydrogens is 194 g/mol. The summed E-state index contributed by atoms with van der Waals surface area (Å²) in [6.45, 7) is 3.08. The van der Waals surface area contributed by atoms with E-state index in [9.17, 15) is 0 Å². The normalized spacial score (nSPS) is 10.6. The molecule has 0 fully saturated rings. The third-order valence-electron chi connectivity index (χ3n) is 2.08. The molecule has 0 unspecified atom stereocenters. The number of methoxy groups -OCH3 is 1. The highest BCUT2D eigenvalue weighted by molar-refractivity contribution is 7.09. The van der Waals surface area contributed by atoms with Crippen molar-refractivity contribution in [3.8, 4) is 0 Å². The lowest BCUT2D eigenvalue weighted by Crippen LogP contribution is -2.18. The Morgan fingerprint density at radius 1 is 1.36 bits per heavy atom. The van der Waals surface area contributed by atoms with Gasteiger partial charge in [-0.25, -0.2) is 0 Å². The summed E-state index contributed by atoms with van der Waals surface area (Å²) in [4.78, 5) is 1.47. The summed E-state index contributed by atoms with van der Waals surface area (Å²) in [6, 6.07) is 4.30. The molecule has 0 atom stereocenters. The van der Waals surface area contributed by atoms with Gasteiger partial charge >= 0.3 is 0 Å². The maximum absolute atomic E-state index is 4.98. The van der Waals surface area contributed by atoms with E-state index in [2.05, 4.69) is 22.8 Å². The van der Waals surface area contributed by atoms with E-state index in [0.717, 1.165) is 32.5 Å². The number of unbranched alkanes of at least 4 members (excludes halogenated alkanes) is 1. The molecule has 1 aromatic rings. The minimum Gasteiger partial charge on any atom is -0.385 e. The molecule has 0 aliphatic carbocycles. The molecule has 3 heteroatoms. The van der Waals surface area contributed by atoms with Crippen molar-refractivity contribution in [2.75, 3.05) is 26.8 Å². The Hall–Kier alpha value is -0.380. The van der Waals surface area contributed by atoms with Gasteiger partial charge in [-0.3, -0.25) is 0 Å². The largest absolute Gasteiger partial charge is 0.385 e. The standard InChI is InChI=1S/C11H19NOS/c1-13-9-3-2-7-12-8-6-11-5-4-10-14-11/h4-5,10,12H,2-3,6-9H2,1H3. The average Bonchev–Trinajstić information content (AvgIpc) is 2.69. The molecule has 0 aliphatic rings. The highest BCUT2D eigenvalue weighted by atomic mass is 32.1. The summed E-state index contributed by atoms with van der Waals surface area (Å²) < 4.78 is 4.98. The van der Waals surface area contributed by atoms with Crippen molar-refractivity contribution in [2.24, 2.45) is 0 Å². The molecule has 1 aromatic heterocycles. The number of rotatable bonds is 8. The number of nitrogens with one attached hydrogen (secondary N) is 1. The van der Waals surface area contributed by atoms with Crippen LogP contribution in [0.25, 0.3) is 0 Å². The summed E-state index contributed by atoms with van der Waals surface area (Å²) in [6.07, 6.45) is 3.52. The first-order valence-corrected chi connectivity index (χ1v) is 6.03. The Morgan fingerprint density at radius 3 is 3.00 bits per heavy atom. The first kappa shape index (κ1) is 11.7. The highest BCUT2D eigenvalue weighted by Gasteiger charge is 1.93. The SMILES string of the molecule is COCCCCNCCc1cccs1. The molecule has 0 aromatic carbocycles. The zero-order valence-electron chi connectivity index (χ0n) is 8.79. The van der Waals surface area contributed by atoms with Gasteiger partial charge in [-0.2, -0.15) is 0 Å². The van der Waals surface area contributed by atoms with Crippen LogP contribution in [0.3, 0.4) is 0 Å². The summed E-state index contributed by atoms with van der Waals surface area (Å²) in [5, 5.41) is 5.57. The van der Waals surface area contributed by atoms with Crippen LogP contribution in [0.5, 0.6) is 0 Å². The summed E-state index contributed by atoms with van der Waals surface area (Å²) in [5.74, 6) is 0. The average molecular weight is 213 g/mol. The maximum Gasteiger partial charge on any atom is 0.0462 e. The Labute approximate surface area is 90.3 Å². The van der Waals surface area contributed by atoms with Crippen LogP contribution in [0.2, 0.25) is 0 Å². The first-order valence-electron chi connectivity index (χ1n) is 5.15. The Bertz CT molecular complexity index is 211. The van der Waals surface area contributed by atoms with Crippen LogP contribution in [0.4, 0.5) is 0 Å². The molecule has 80 valence electrons. The monoisotopic (exact) mass is 213 g/mol. The van der Waals surface area contributed by atoms with Gasteiger partial charge in [0.15, 0.2) is 0 Å². The molecule has 0 amide bonds. The van der Waals surface area contributed by atoms with E-state index >= 15 is 0 Å². The second-order valence-electron chi connectivity index (χ2n) is 3.28. The van der Waals surface area contributed by atoms with Gasteiger partial charge in [-0.1, -0.05) is 6.07 Å². The van der Waals surface area contributed by atoms with Gasteiger partial charge in [0, 0.05) is 18.6 Å². The highest BCUT2D eigenvalue weighted by Crippen LogP contribution is 2.07. The predicted molar refractivity (Wildman–Crippen MR) is 62.0 cm³/mol. The van der Waals surface area contributed by atoms with E-state index in [1.54, 1.807) is 7.11 Å². The van der Waals surface area contributed by atoms with Gasteiger partial charge in [0.05, 0.1) is 0 Å². The zero-order valence-corrected chi connectivity index (χ0v) is 9.61. The second kappa shape index (κ2) is 7.97. The van der Waals surface area contributed by atoms with Crippen molar-refractivity contribution < 1.29 is 4.74 Å². The lowest BCUT2D eigenvalue weighted by Gasteiger charge is -2.03. The Balaban J connectivity index is 1.85. The Morgan fingerprint density at radius 2 is 2.29 bits per heavy atom. The molecule has 0 saturated carbocycles. The quantitative estimate of drug-likeness (QED) is 0.669. The van der Waals surface area contributed by atoms with Crippen molar-refractivity contribution in [2.45, 2.75) is 19.3 Å². The van der Waals surface area contributed by atoms with Gasteiger partial charge in [-0.05, 0) is 43.8 Å². The third kappa shape index (κ3) is 5.37. The summed E-state index contributed by atoms with van der Waals surface area (Å²) in [5.41, 5.74) is 0. The zero-order chi connectivity index (χ0) is 10.1. The Kier molecular flexibility index (Phi) is 6.66.